The van der Waals surface area contributed by atoms with Crippen LogP contribution in [0.2, 0.25) is 0 Å². The zero-order valence-corrected chi connectivity index (χ0v) is 12.9. The quantitative estimate of drug-likeness (QED) is 0.927. The van der Waals surface area contributed by atoms with Crippen molar-refractivity contribution in [3.05, 3.63) is 65.7 Å². The van der Waals surface area contributed by atoms with Crippen LogP contribution in [0.4, 0.5) is 5.69 Å². The first kappa shape index (κ1) is 14.2. The summed E-state index contributed by atoms with van der Waals surface area (Å²) >= 11 is 0. The van der Waals surface area contributed by atoms with Crippen LogP contribution in [-0.2, 0) is 6.42 Å². The van der Waals surface area contributed by atoms with Crippen molar-refractivity contribution in [2.24, 2.45) is 0 Å². The first-order valence-corrected chi connectivity index (χ1v) is 7.83. The molecule has 1 N–H and O–H groups in total. The highest BCUT2D eigenvalue weighted by Crippen LogP contribution is 2.24. The van der Waals surface area contributed by atoms with Crippen LogP contribution in [0.5, 0.6) is 0 Å². The lowest BCUT2D eigenvalue weighted by Gasteiger charge is -2.41. The van der Waals surface area contributed by atoms with E-state index < -0.39 is 0 Å². The number of piperazine rings is 1. The SMILES string of the molecule is Cc1ccccc1N1CC(Cc2ccccc2)NCC1C. The van der Waals surface area contributed by atoms with Gasteiger partial charge in [-0.2, -0.15) is 0 Å². The molecule has 2 heteroatoms. The molecule has 3 rings (SSSR count). The minimum atomic E-state index is 0.517. The van der Waals surface area contributed by atoms with Gasteiger partial charge in [-0.25, -0.2) is 0 Å². The van der Waals surface area contributed by atoms with Gasteiger partial charge in [0.05, 0.1) is 0 Å². The van der Waals surface area contributed by atoms with Gasteiger partial charge >= 0.3 is 0 Å². The number of para-hydroxylation sites is 1. The molecule has 0 aromatic heterocycles. The fraction of sp³-hybridized carbons (Fsp3) is 0.368. The van der Waals surface area contributed by atoms with E-state index in [2.05, 4.69) is 78.7 Å². The maximum atomic E-state index is 3.69. The van der Waals surface area contributed by atoms with Crippen LogP contribution in [0.3, 0.4) is 0 Å². The highest BCUT2D eigenvalue weighted by molar-refractivity contribution is 5.54. The van der Waals surface area contributed by atoms with Gasteiger partial charge in [0.1, 0.15) is 0 Å². The van der Waals surface area contributed by atoms with Crippen molar-refractivity contribution in [3.63, 3.8) is 0 Å². The number of nitrogens with one attached hydrogen (secondary N) is 1. The second-order valence-corrected chi connectivity index (χ2v) is 6.08. The van der Waals surface area contributed by atoms with Crippen molar-refractivity contribution in [1.29, 1.82) is 0 Å². The van der Waals surface area contributed by atoms with Gasteiger partial charge in [-0.05, 0) is 37.5 Å². The molecule has 2 nitrogen and oxygen atoms in total. The van der Waals surface area contributed by atoms with E-state index >= 15 is 0 Å². The van der Waals surface area contributed by atoms with Crippen LogP contribution in [0.25, 0.3) is 0 Å². The number of anilines is 1. The molecular formula is C19H24N2. The Morgan fingerprint density at radius 2 is 1.76 bits per heavy atom. The number of aryl methyl sites for hydroxylation is 1. The average Bonchev–Trinajstić information content (AvgIpc) is 2.51. The van der Waals surface area contributed by atoms with Gasteiger partial charge in [-0.1, -0.05) is 48.5 Å². The van der Waals surface area contributed by atoms with E-state index in [-0.39, 0.29) is 0 Å². The van der Waals surface area contributed by atoms with E-state index in [9.17, 15) is 0 Å². The normalized spacial score (nSPS) is 22.3. The largest absolute Gasteiger partial charge is 0.366 e. The molecule has 0 bridgehead atoms. The van der Waals surface area contributed by atoms with Gasteiger partial charge in [0.25, 0.3) is 0 Å². The highest BCUT2D eigenvalue weighted by Gasteiger charge is 2.25. The molecule has 0 aliphatic carbocycles. The Morgan fingerprint density at radius 3 is 2.52 bits per heavy atom. The fourth-order valence-electron chi connectivity index (χ4n) is 3.19. The number of benzene rings is 2. The van der Waals surface area contributed by atoms with Crippen LogP contribution < -0.4 is 10.2 Å². The smallest absolute Gasteiger partial charge is 0.0399 e. The summed E-state index contributed by atoms with van der Waals surface area (Å²) in [5, 5.41) is 3.69. The second kappa shape index (κ2) is 6.31. The molecule has 2 unspecified atom stereocenters. The average molecular weight is 280 g/mol. The second-order valence-electron chi connectivity index (χ2n) is 6.08. The Bertz CT molecular complexity index is 579. The van der Waals surface area contributed by atoms with Crippen LogP contribution in [0.15, 0.2) is 54.6 Å². The molecule has 1 heterocycles. The maximum Gasteiger partial charge on any atom is 0.0399 e. The van der Waals surface area contributed by atoms with Crippen molar-refractivity contribution < 1.29 is 0 Å². The van der Waals surface area contributed by atoms with E-state index in [1.54, 1.807) is 0 Å². The Hall–Kier alpha value is -1.80. The summed E-state index contributed by atoms with van der Waals surface area (Å²) in [6.45, 7) is 6.63. The molecule has 1 aliphatic rings. The van der Waals surface area contributed by atoms with E-state index in [1.807, 2.05) is 0 Å². The summed E-state index contributed by atoms with van der Waals surface area (Å²) in [4.78, 5) is 2.55. The first-order chi connectivity index (χ1) is 10.2. The van der Waals surface area contributed by atoms with E-state index in [4.69, 9.17) is 0 Å². The Labute approximate surface area is 127 Å². The Morgan fingerprint density at radius 1 is 1.05 bits per heavy atom. The van der Waals surface area contributed by atoms with Gasteiger partial charge in [-0.15, -0.1) is 0 Å². The summed E-state index contributed by atoms with van der Waals surface area (Å²) in [5.41, 5.74) is 4.16. The van der Waals surface area contributed by atoms with Gasteiger partial charge in [-0.3, -0.25) is 0 Å². The van der Waals surface area contributed by atoms with E-state index in [1.165, 1.54) is 16.8 Å². The van der Waals surface area contributed by atoms with Crippen LogP contribution >= 0.6 is 0 Å². The number of nitrogens with zero attached hydrogens (tertiary/aromatic N) is 1. The summed E-state index contributed by atoms with van der Waals surface area (Å²) in [7, 11) is 0. The molecule has 0 amide bonds. The lowest BCUT2D eigenvalue weighted by atomic mass is 10.0. The molecule has 2 aromatic carbocycles. The Balaban J connectivity index is 1.74. The monoisotopic (exact) mass is 280 g/mol. The van der Waals surface area contributed by atoms with Crippen molar-refractivity contribution in [2.45, 2.75) is 32.4 Å². The topological polar surface area (TPSA) is 15.3 Å². The third-order valence-corrected chi connectivity index (χ3v) is 4.40. The van der Waals surface area contributed by atoms with Crippen LogP contribution in [-0.4, -0.2) is 25.2 Å². The molecule has 1 aliphatic heterocycles. The lowest BCUT2D eigenvalue weighted by molar-refractivity contribution is 0.403. The zero-order chi connectivity index (χ0) is 14.7. The van der Waals surface area contributed by atoms with Gasteiger partial charge in [0, 0.05) is 30.9 Å². The lowest BCUT2D eigenvalue weighted by Crippen LogP contribution is -2.56. The predicted octanol–water partition coefficient (Wildman–Crippen LogP) is 3.40. The highest BCUT2D eigenvalue weighted by atomic mass is 15.2. The molecule has 2 aromatic rings. The van der Waals surface area contributed by atoms with Crippen molar-refractivity contribution >= 4 is 5.69 Å². The van der Waals surface area contributed by atoms with Crippen molar-refractivity contribution in [3.8, 4) is 0 Å². The first-order valence-electron chi connectivity index (χ1n) is 7.83. The van der Waals surface area contributed by atoms with Gasteiger partial charge < -0.3 is 10.2 Å². The summed E-state index contributed by atoms with van der Waals surface area (Å²) in [6.07, 6.45) is 1.09. The third-order valence-electron chi connectivity index (χ3n) is 4.40. The van der Waals surface area contributed by atoms with Gasteiger partial charge in [0.2, 0.25) is 0 Å². The summed E-state index contributed by atoms with van der Waals surface area (Å²) < 4.78 is 0. The van der Waals surface area contributed by atoms with Crippen LogP contribution in [0, 0.1) is 6.92 Å². The minimum Gasteiger partial charge on any atom is -0.366 e. The standard InChI is InChI=1S/C19H24N2/c1-15-8-6-7-11-19(15)21-14-18(20-13-16(21)2)12-17-9-4-3-5-10-17/h3-11,16,18,20H,12-14H2,1-2H3. The predicted molar refractivity (Wildman–Crippen MR) is 89.9 cm³/mol. The summed E-state index contributed by atoms with van der Waals surface area (Å²) in [6, 6.07) is 20.5. The number of hydrogen-bond acceptors (Lipinski definition) is 2. The molecule has 0 saturated carbocycles. The van der Waals surface area contributed by atoms with E-state index in [0.29, 0.717) is 12.1 Å². The minimum absolute atomic E-state index is 0.517. The fourth-order valence-corrected chi connectivity index (χ4v) is 3.19. The Kier molecular flexibility index (Phi) is 4.26. The van der Waals surface area contributed by atoms with Crippen molar-refractivity contribution in [2.75, 3.05) is 18.0 Å². The molecule has 1 fully saturated rings. The van der Waals surface area contributed by atoms with E-state index in [0.717, 1.165) is 19.5 Å². The molecule has 110 valence electrons. The molecular weight excluding hydrogens is 256 g/mol. The zero-order valence-electron chi connectivity index (χ0n) is 12.9. The molecule has 0 spiro atoms. The van der Waals surface area contributed by atoms with Crippen LogP contribution in [0.1, 0.15) is 18.1 Å². The third kappa shape index (κ3) is 3.27. The number of rotatable bonds is 3. The summed E-state index contributed by atoms with van der Waals surface area (Å²) in [5.74, 6) is 0. The molecule has 1 saturated heterocycles. The maximum absolute atomic E-state index is 3.69. The number of hydrogen-bond donors (Lipinski definition) is 1. The van der Waals surface area contributed by atoms with Crippen molar-refractivity contribution in [1.82, 2.24) is 5.32 Å². The molecule has 2 atom stereocenters. The molecule has 0 radical (unpaired) electrons. The molecule has 21 heavy (non-hydrogen) atoms. The van der Waals surface area contributed by atoms with Gasteiger partial charge in [0.15, 0.2) is 0 Å².